The average Bonchev–Trinajstić information content (AvgIpc) is 3.13. The van der Waals surface area contributed by atoms with Crippen molar-refractivity contribution in [2.75, 3.05) is 21.1 Å². The molecule has 152 valence electrons. The lowest BCUT2D eigenvalue weighted by molar-refractivity contribution is 0.0864. The lowest BCUT2D eigenvalue weighted by Crippen LogP contribution is -2.38. The van der Waals surface area contributed by atoms with Crippen LogP contribution < -0.4 is 10.5 Å². The van der Waals surface area contributed by atoms with E-state index in [9.17, 15) is 4.79 Å². The van der Waals surface area contributed by atoms with Crippen molar-refractivity contribution in [3.05, 3.63) is 64.3 Å². The first kappa shape index (κ1) is 20.7. The van der Waals surface area contributed by atoms with Crippen molar-refractivity contribution in [2.45, 2.75) is 13.2 Å². The van der Waals surface area contributed by atoms with E-state index in [2.05, 4.69) is 22.0 Å². The Morgan fingerprint density at radius 2 is 1.79 bits per heavy atom. The fraction of sp³-hybridized carbons (Fsp3) is 0.238. The highest BCUT2D eigenvalue weighted by atomic mass is 35.5. The summed E-state index contributed by atoms with van der Waals surface area (Å²) < 4.78 is 5.99. The Hall–Kier alpha value is -3.03. The number of fused-ring (bicyclic) bond motifs is 1. The first-order valence-corrected chi connectivity index (χ1v) is 9.42. The summed E-state index contributed by atoms with van der Waals surface area (Å²) in [7, 11) is 5.51. The summed E-state index contributed by atoms with van der Waals surface area (Å²) in [4.78, 5) is 18.7. The summed E-state index contributed by atoms with van der Waals surface area (Å²) in [5.74, 6) is -0.174. The molecule has 0 aliphatic heterocycles. The number of H-pyrrole nitrogens is 1. The second-order valence-electron chi connectivity index (χ2n) is 7.11. The number of carbonyl (C=O) groups is 1. The van der Waals surface area contributed by atoms with Gasteiger partial charge in [0.2, 0.25) is 0 Å². The molecule has 4 N–H and O–H groups in total. The van der Waals surface area contributed by atoms with Gasteiger partial charge in [-0.25, -0.2) is 0 Å². The molecule has 3 rings (SSSR count). The lowest BCUT2D eigenvalue weighted by Gasteiger charge is -2.13. The van der Waals surface area contributed by atoms with Crippen LogP contribution in [0.4, 0.5) is 0 Å². The molecule has 3 aromatic rings. The fourth-order valence-electron chi connectivity index (χ4n) is 2.95. The molecule has 2 aromatic carbocycles. The van der Waals surface area contributed by atoms with Gasteiger partial charge in [0, 0.05) is 19.0 Å². The zero-order valence-corrected chi connectivity index (χ0v) is 17.4. The summed E-state index contributed by atoms with van der Waals surface area (Å²) in [5, 5.41) is 8.60. The number of carbonyl (C=O) groups excluding carboxylic acids is 1. The Morgan fingerprint density at radius 1 is 1.14 bits per heavy atom. The molecule has 1 amide bonds. The van der Waals surface area contributed by atoms with E-state index in [1.807, 2.05) is 26.2 Å². The normalized spacial score (nSPS) is 11.1. The van der Waals surface area contributed by atoms with Gasteiger partial charge in [0.1, 0.15) is 18.1 Å². The van der Waals surface area contributed by atoms with Gasteiger partial charge in [-0.2, -0.15) is 0 Å². The topological polar surface area (TPSA) is 98.4 Å². The monoisotopic (exact) mass is 413 g/mol. The van der Waals surface area contributed by atoms with Crippen LogP contribution in [-0.2, 0) is 13.2 Å². The molecular formula is C21H24ClN5O2. The van der Waals surface area contributed by atoms with E-state index < -0.39 is 5.91 Å². The largest absolute Gasteiger partial charge is 0.487 e. The van der Waals surface area contributed by atoms with Crippen molar-refractivity contribution in [3.8, 4) is 5.75 Å². The van der Waals surface area contributed by atoms with E-state index in [0.29, 0.717) is 28.3 Å². The van der Waals surface area contributed by atoms with E-state index in [-0.39, 0.29) is 11.7 Å². The number of halogens is 1. The van der Waals surface area contributed by atoms with Gasteiger partial charge >= 0.3 is 0 Å². The van der Waals surface area contributed by atoms with Crippen molar-refractivity contribution < 1.29 is 9.53 Å². The highest BCUT2D eigenvalue weighted by Gasteiger charge is 2.19. The molecule has 0 bridgehead atoms. The van der Waals surface area contributed by atoms with Gasteiger partial charge in [0.15, 0.2) is 5.96 Å². The van der Waals surface area contributed by atoms with Gasteiger partial charge in [-0.05, 0) is 43.4 Å². The van der Waals surface area contributed by atoms with Crippen molar-refractivity contribution in [1.82, 2.24) is 14.8 Å². The van der Waals surface area contributed by atoms with Crippen LogP contribution in [0.25, 0.3) is 10.9 Å². The molecule has 0 unspecified atom stereocenters. The van der Waals surface area contributed by atoms with Crippen LogP contribution in [0.2, 0.25) is 5.02 Å². The molecule has 0 saturated heterocycles. The molecular weight excluding hydrogens is 390 g/mol. The maximum atomic E-state index is 12.5. The average molecular weight is 414 g/mol. The van der Waals surface area contributed by atoms with E-state index in [1.165, 1.54) is 12.6 Å². The van der Waals surface area contributed by atoms with Gasteiger partial charge in [-0.3, -0.25) is 15.1 Å². The zero-order valence-electron chi connectivity index (χ0n) is 16.6. The standard InChI is InChI=1S/C21H24ClN5O2/c1-26(2)11-13-4-6-14(7-5-13)12-29-18-9-8-16(22)15-10-17(25-19(15)18)20(28)27(3)21(23)24/h4-10,25H,11-12H2,1-3H3,(H3,23,24). The van der Waals surface area contributed by atoms with Crippen LogP contribution in [0.15, 0.2) is 42.5 Å². The highest BCUT2D eigenvalue weighted by Crippen LogP contribution is 2.32. The summed E-state index contributed by atoms with van der Waals surface area (Å²) >= 11 is 6.29. The number of nitrogens with one attached hydrogen (secondary N) is 2. The van der Waals surface area contributed by atoms with Gasteiger partial charge in [0.05, 0.1) is 10.5 Å². The molecule has 0 aliphatic rings. The lowest BCUT2D eigenvalue weighted by atomic mass is 10.1. The minimum atomic E-state index is -0.424. The van der Waals surface area contributed by atoms with Crippen molar-refractivity contribution >= 4 is 34.4 Å². The summed E-state index contributed by atoms with van der Waals surface area (Å²) in [5.41, 5.74) is 8.57. The van der Waals surface area contributed by atoms with Crippen LogP contribution in [0.1, 0.15) is 21.6 Å². The SMILES string of the molecule is CN(C)Cc1ccc(COc2ccc(Cl)c3cc(C(=O)N(C)C(=N)N)[nH]c23)cc1. The van der Waals surface area contributed by atoms with Crippen molar-refractivity contribution in [3.63, 3.8) is 0 Å². The van der Waals surface area contributed by atoms with Crippen LogP contribution >= 0.6 is 11.6 Å². The number of aromatic amines is 1. The minimum absolute atomic E-state index is 0.281. The number of ether oxygens (including phenoxy) is 1. The molecule has 0 aliphatic carbocycles. The highest BCUT2D eigenvalue weighted by molar-refractivity contribution is 6.35. The van der Waals surface area contributed by atoms with E-state index in [4.69, 9.17) is 27.5 Å². The first-order chi connectivity index (χ1) is 13.8. The number of rotatable bonds is 6. The maximum absolute atomic E-state index is 12.5. The quantitative estimate of drug-likeness (QED) is 0.426. The Balaban J connectivity index is 1.81. The van der Waals surface area contributed by atoms with Gasteiger partial charge < -0.3 is 20.4 Å². The van der Waals surface area contributed by atoms with E-state index in [1.54, 1.807) is 18.2 Å². The molecule has 0 saturated carbocycles. The van der Waals surface area contributed by atoms with Gasteiger partial charge in [-0.15, -0.1) is 0 Å². The van der Waals surface area contributed by atoms with Crippen molar-refractivity contribution in [1.29, 1.82) is 5.41 Å². The number of nitrogens with zero attached hydrogens (tertiary/aromatic N) is 2. The smallest absolute Gasteiger partial charge is 0.276 e. The Morgan fingerprint density at radius 3 is 2.41 bits per heavy atom. The summed E-state index contributed by atoms with van der Waals surface area (Å²) in [6, 6.07) is 13.4. The number of guanidine groups is 1. The van der Waals surface area contributed by atoms with Crippen LogP contribution in [-0.4, -0.2) is 47.8 Å². The Bertz CT molecular complexity index is 1040. The van der Waals surface area contributed by atoms with E-state index in [0.717, 1.165) is 17.0 Å². The molecule has 0 radical (unpaired) electrons. The Kier molecular flexibility index (Phi) is 6.10. The predicted octanol–water partition coefficient (Wildman–Crippen LogP) is 3.43. The number of nitrogens with two attached hydrogens (primary N) is 1. The molecule has 1 aromatic heterocycles. The van der Waals surface area contributed by atoms with Crippen LogP contribution in [0, 0.1) is 5.41 Å². The maximum Gasteiger partial charge on any atom is 0.276 e. The van der Waals surface area contributed by atoms with Crippen LogP contribution in [0.3, 0.4) is 0 Å². The predicted molar refractivity (Wildman–Crippen MR) is 115 cm³/mol. The molecule has 0 spiro atoms. The zero-order chi connectivity index (χ0) is 21.1. The van der Waals surface area contributed by atoms with Crippen molar-refractivity contribution in [2.24, 2.45) is 5.73 Å². The number of benzene rings is 2. The second-order valence-corrected chi connectivity index (χ2v) is 7.52. The van der Waals surface area contributed by atoms with E-state index >= 15 is 0 Å². The fourth-order valence-corrected chi connectivity index (χ4v) is 3.16. The number of hydrogen-bond acceptors (Lipinski definition) is 4. The van der Waals surface area contributed by atoms with Gasteiger partial charge in [-0.1, -0.05) is 35.9 Å². The minimum Gasteiger partial charge on any atom is -0.487 e. The number of amides is 1. The summed E-state index contributed by atoms with van der Waals surface area (Å²) in [6.45, 7) is 1.27. The molecule has 1 heterocycles. The molecule has 8 heteroatoms. The molecule has 7 nitrogen and oxygen atoms in total. The number of aromatic nitrogens is 1. The molecule has 0 fully saturated rings. The third-order valence-electron chi connectivity index (χ3n) is 4.51. The molecule has 0 atom stereocenters. The summed E-state index contributed by atoms with van der Waals surface area (Å²) in [6.07, 6.45) is 0. The second kappa shape index (κ2) is 8.55. The van der Waals surface area contributed by atoms with Gasteiger partial charge in [0.25, 0.3) is 5.91 Å². The first-order valence-electron chi connectivity index (χ1n) is 9.05. The third kappa shape index (κ3) is 4.70. The number of hydrogen-bond donors (Lipinski definition) is 3. The Labute approximate surface area is 174 Å². The van der Waals surface area contributed by atoms with Crippen LogP contribution in [0.5, 0.6) is 5.75 Å². The third-order valence-corrected chi connectivity index (χ3v) is 4.84. The molecule has 29 heavy (non-hydrogen) atoms.